The van der Waals surface area contributed by atoms with Gasteiger partial charge in [0, 0.05) is 23.5 Å². The summed E-state index contributed by atoms with van der Waals surface area (Å²) in [5.41, 5.74) is 1.59. The quantitative estimate of drug-likeness (QED) is 0.391. The summed E-state index contributed by atoms with van der Waals surface area (Å²) in [6.07, 6.45) is 2.96. The summed E-state index contributed by atoms with van der Waals surface area (Å²) >= 11 is 1.16. The number of aryl methyl sites for hydroxylation is 1. The number of hydrogen-bond acceptors (Lipinski definition) is 7. The molecule has 0 fully saturated rings. The fraction of sp³-hybridized carbons (Fsp3) is 0.100. The van der Waals surface area contributed by atoms with Crippen molar-refractivity contribution >= 4 is 42.2 Å². The minimum atomic E-state index is -3.91. The van der Waals surface area contributed by atoms with Crippen molar-refractivity contribution in [2.24, 2.45) is 0 Å². The largest absolute Gasteiger partial charge is 0.280 e. The highest BCUT2D eigenvalue weighted by Gasteiger charge is 2.21. The first-order valence-electron chi connectivity index (χ1n) is 9.36. The molecule has 2 heterocycles. The van der Waals surface area contributed by atoms with Crippen molar-refractivity contribution in [3.63, 3.8) is 0 Å². The smallest absolute Gasteiger partial charge is 0.265 e. The van der Waals surface area contributed by atoms with Crippen LogP contribution in [0, 0.1) is 6.92 Å². The van der Waals surface area contributed by atoms with Crippen molar-refractivity contribution in [2.45, 2.75) is 23.3 Å². The second-order valence-corrected chi connectivity index (χ2v) is 11.1. The predicted molar refractivity (Wildman–Crippen MR) is 123 cm³/mol. The highest BCUT2D eigenvalue weighted by atomic mass is 32.2. The zero-order valence-corrected chi connectivity index (χ0v) is 19.3. The molecule has 9 nitrogen and oxygen atoms in total. The molecular weight excluding hydrogens is 470 g/mol. The molecule has 0 aliphatic heterocycles. The third kappa shape index (κ3) is 4.98. The molecule has 0 saturated heterocycles. The Morgan fingerprint density at radius 2 is 1.66 bits per heavy atom. The van der Waals surface area contributed by atoms with Crippen LogP contribution >= 0.6 is 11.3 Å². The summed E-state index contributed by atoms with van der Waals surface area (Å²) < 4.78 is 57.0. The number of thiazole rings is 1. The Kier molecular flexibility index (Phi) is 6.00. The van der Waals surface area contributed by atoms with E-state index in [0.717, 1.165) is 16.9 Å². The summed E-state index contributed by atoms with van der Waals surface area (Å²) in [7, 11) is -7.73. The third-order valence-corrected chi connectivity index (χ3v) is 8.11. The molecule has 32 heavy (non-hydrogen) atoms. The zero-order valence-electron chi connectivity index (χ0n) is 16.8. The van der Waals surface area contributed by atoms with Crippen LogP contribution in [0.5, 0.6) is 0 Å². The topological polar surface area (TPSA) is 123 Å². The standard InChI is InChI=1S/C20H19N5O4S3/c1-15-19(14-25(22-15)13-16-5-3-2-4-6-16)32(28,29)23-17-7-9-18(10-8-17)31(26,27)24-20-21-11-12-30-20/h2-12,14,23H,13H2,1H3,(H,21,24). The van der Waals surface area contributed by atoms with E-state index in [1.807, 2.05) is 30.3 Å². The summed E-state index contributed by atoms with van der Waals surface area (Å²) in [6.45, 7) is 2.06. The Balaban J connectivity index is 1.50. The summed E-state index contributed by atoms with van der Waals surface area (Å²) in [5, 5.41) is 6.20. The number of benzene rings is 2. The average Bonchev–Trinajstić information content (AvgIpc) is 3.38. The van der Waals surface area contributed by atoms with Gasteiger partial charge in [-0.25, -0.2) is 21.8 Å². The lowest BCUT2D eigenvalue weighted by atomic mass is 10.2. The number of nitrogens with one attached hydrogen (secondary N) is 2. The van der Waals surface area contributed by atoms with Crippen LogP contribution in [0.3, 0.4) is 0 Å². The van der Waals surface area contributed by atoms with Crippen LogP contribution < -0.4 is 9.44 Å². The second kappa shape index (κ2) is 8.73. The first kappa shape index (κ1) is 22.0. The fourth-order valence-corrected chi connectivity index (χ4v) is 6.01. The zero-order chi connectivity index (χ0) is 22.8. The lowest BCUT2D eigenvalue weighted by molar-refractivity contribution is 0.599. The van der Waals surface area contributed by atoms with Crippen LogP contribution in [0.15, 0.2) is 82.2 Å². The number of sulfonamides is 2. The molecule has 0 unspecified atom stereocenters. The molecule has 2 N–H and O–H groups in total. The van der Waals surface area contributed by atoms with E-state index in [-0.39, 0.29) is 20.6 Å². The first-order valence-corrected chi connectivity index (χ1v) is 13.2. The minimum Gasteiger partial charge on any atom is -0.280 e. The van der Waals surface area contributed by atoms with Gasteiger partial charge in [0.05, 0.1) is 17.1 Å². The second-order valence-electron chi connectivity index (χ2n) is 6.83. The molecule has 0 aliphatic rings. The molecule has 2 aromatic heterocycles. The van der Waals surface area contributed by atoms with Crippen molar-refractivity contribution in [2.75, 3.05) is 9.44 Å². The molecule has 2 aromatic carbocycles. The first-order chi connectivity index (χ1) is 15.2. The maximum Gasteiger partial charge on any atom is 0.265 e. The fourth-order valence-electron chi connectivity index (χ4n) is 2.97. The Bertz CT molecular complexity index is 1410. The molecule has 0 atom stereocenters. The van der Waals surface area contributed by atoms with Gasteiger partial charge >= 0.3 is 0 Å². The Morgan fingerprint density at radius 3 is 2.31 bits per heavy atom. The van der Waals surface area contributed by atoms with Crippen molar-refractivity contribution in [3.05, 3.63) is 83.6 Å². The van der Waals surface area contributed by atoms with Gasteiger partial charge in [-0.15, -0.1) is 11.3 Å². The monoisotopic (exact) mass is 489 g/mol. The SMILES string of the molecule is Cc1nn(Cc2ccccc2)cc1S(=O)(=O)Nc1ccc(S(=O)(=O)Nc2nccs2)cc1. The average molecular weight is 490 g/mol. The van der Waals surface area contributed by atoms with Crippen molar-refractivity contribution in [1.82, 2.24) is 14.8 Å². The Hall–Kier alpha value is -3.22. The number of anilines is 2. The van der Waals surface area contributed by atoms with E-state index in [1.54, 1.807) is 17.0 Å². The van der Waals surface area contributed by atoms with Gasteiger partial charge < -0.3 is 0 Å². The van der Waals surface area contributed by atoms with E-state index < -0.39 is 20.0 Å². The van der Waals surface area contributed by atoms with Crippen LogP contribution in [0.4, 0.5) is 10.8 Å². The molecule has 4 aromatic rings. The minimum absolute atomic E-state index is 0.0116. The molecule has 0 aliphatic carbocycles. The number of hydrogen-bond donors (Lipinski definition) is 2. The summed E-state index contributed by atoms with van der Waals surface area (Å²) in [4.78, 5) is 3.93. The van der Waals surface area contributed by atoms with E-state index in [1.165, 1.54) is 36.7 Å². The molecule has 0 saturated carbocycles. The predicted octanol–water partition coefficient (Wildman–Crippen LogP) is 3.30. The molecule has 0 amide bonds. The van der Waals surface area contributed by atoms with E-state index in [4.69, 9.17) is 0 Å². The lowest BCUT2D eigenvalue weighted by Gasteiger charge is -2.09. The molecule has 0 spiro atoms. The van der Waals surface area contributed by atoms with Crippen LogP contribution in [0.25, 0.3) is 0 Å². The van der Waals surface area contributed by atoms with Gasteiger partial charge in [0.2, 0.25) is 0 Å². The Morgan fingerprint density at radius 1 is 0.938 bits per heavy atom. The van der Waals surface area contributed by atoms with Crippen molar-refractivity contribution in [3.8, 4) is 0 Å². The lowest BCUT2D eigenvalue weighted by Crippen LogP contribution is -2.15. The van der Waals surface area contributed by atoms with E-state index in [0.29, 0.717) is 12.2 Å². The van der Waals surface area contributed by atoms with Gasteiger partial charge in [0.25, 0.3) is 20.0 Å². The van der Waals surface area contributed by atoms with Gasteiger partial charge in [-0.05, 0) is 36.8 Å². The molecule has 0 radical (unpaired) electrons. The summed E-state index contributed by atoms with van der Waals surface area (Å²) in [6, 6.07) is 15.0. The van der Waals surface area contributed by atoms with Crippen LogP contribution in [0.2, 0.25) is 0 Å². The summed E-state index contributed by atoms with van der Waals surface area (Å²) in [5.74, 6) is 0. The maximum atomic E-state index is 12.9. The normalized spacial score (nSPS) is 11.9. The van der Waals surface area contributed by atoms with Crippen LogP contribution in [-0.2, 0) is 26.6 Å². The number of aromatic nitrogens is 3. The van der Waals surface area contributed by atoms with Gasteiger partial charge in [0.1, 0.15) is 4.90 Å². The molecule has 12 heteroatoms. The number of nitrogens with zero attached hydrogens (tertiary/aromatic N) is 3. The molecule has 0 bridgehead atoms. The van der Waals surface area contributed by atoms with Crippen molar-refractivity contribution < 1.29 is 16.8 Å². The van der Waals surface area contributed by atoms with E-state index in [9.17, 15) is 16.8 Å². The van der Waals surface area contributed by atoms with E-state index in [2.05, 4.69) is 19.5 Å². The highest BCUT2D eigenvalue weighted by molar-refractivity contribution is 7.93. The Labute approximate surface area is 189 Å². The van der Waals surface area contributed by atoms with Gasteiger partial charge in [0.15, 0.2) is 5.13 Å². The van der Waals surface area contributed by atoms with Gasteiger partial charge in [-0.2, -0.15) is 5.10 Å². The van der Waals surface area contributed by atoms with Crippen LogP contribution in [0.1, 0.15) is 11.3 Å². The maximum absolute atomic E-state index is 12.9. The number of rotatable bonds is 8. The van der Waals surface area contributed by atoms with Crippen molar-refractivity contribution in [1.29, 1.82) is 0 Å². The van der Waals surface area contributed by atoms with Gasteiger partial charge in [-0.1, -0.05) is 30.3 Å². The van der Waals surface area contributed by atoms with Crippen LogP contribution in [-0.4, -0.2) is 31.6 Å². The highest BCUT2D eigenvalue weighted by Crippen LogP contribution is 2.22. The molecule has 166 valence electrons. The van der Waals surface area contributed by atoms with Gasteiger partial charge in [-0.3, -0.25) is 14.1 Å². The van der Waals surface area contributed by atoms with E-state index >= 15 is 0 Å². The molecular formula is C20H19N5O4S3. The third-order valence-electron chi connectivity index (χ3n) is 4.45. The molecule has 4 rings (SSSR count).